The monoisotopic (exact) mass is 880 g/mol. The van der Waals surface area contributed by atoms with Crippen LogP contribution in [0.4, 0.5) is 17.1 Å². The molecule has 0 unspecified atom stereocenters. The van der Waals surface area contributed by atoms with Gasteiger partial charge in [-0.1, -0.05) is 200 Å². The van der Waals surface area contributed by atoms with Crippen molar-refractivity contribution in [2.45, 2.75) is 0 Å². The summed E-state index contributed by atoms with van der Waals surface area (Å²) >= 11 is 0. The molecule has 0 aliphatic rings. The molecule has 69 heavy (non-hydrogen) atoms. The second-order valence-corrected chi connectivity index (χ2v) is 17.6. The van der Waals surface area contributed by atoms with E-state index in [0.717, 1.165) is 72.5 Å². The Morgan fingerprint density at radius 3 is 1.36 bits per heavy atom. The lowest BCUT2D eigenvalue weighted by atomic mass is 9.93. The van der Waals surface area contributed by atoms with Crippen molar-refractivity contribution in [3.05, 3.63) is 267 Å². The predicted molar refractivity (Wildman–Crippen MR) is 290 cm³/mol. The van der Waals surface area contributed by atoms with Crippen molar-refractivity contribution in [1.29, 1.82) is 0 Å². The molecule has 11 aromatic carbocycles. The molecule has 3 nitrogen and oxygen atoms in total. The number of furan rings is 1. The molecule has 0 saturated carbocycles. The number of fused-ring (bicyclic) bond motifs is 6. The van der Waals surface area contributed by atoms with Crippen molar-refractivity contribution < 1.29 is 4.42 Å². The average molecular weight is 881 g/mol. The fourth-order valence-corrected chi connectivity index (χ4v) is 10.4. The molecule has 0 saturated heterocycles. The zero-order valence-corrected chi connectivity index (χ0v) is 37.7. The summed E-state index contributed by atoms with van der Waals surface area (Å²) in [6, 6.07) is 96.0. The van der Waals surface area contributed by atoms with Gasteiger partial charge in [-0.05, 0) is 111 Å². The first-order valence-electron chi connectivity index (χ1n) is 23.6. The molecule has 3 heteroatoms. The maximum Gasteiger partial charge on any atom is 0.143 e. The lowest BCUT2D eigenvalue weighted by molar-refractivity contribution is 0.670. The van der Waals surface area contributed by atoms with Crippen LogP contribution in [0.5, 0.6) is 0 Å². The van der Waals surface area contributed by atoms with Crippen molar-refractivity contribution in [2.75, 3.05) is 4.90 Å². The van der Waals surface area contributed by atoms with Gasteiger partial charge in [-0.2, -0.15) is 0 Å². The van der Waals surface area contributed by atoms with Crippen LogP contribution in [-0.4, -0.2) is 4.57 Å². The third-order valence-electron chi connectivity index (χ3n) is 13.6. The van der Waals surface area contributed by atoms with Crippen LogP contribution in [0.3, 0.4) is 0 Å². The second kappa shape index (κ2) is 16.9. The van der Waals surface area contributed by atoms with Gasteiger partial charge >= 0.3 is 0 Å². The van der Waals surface area contributed by atoms with E-state index in [0.29, 0.717) is 0 Å². The standard InChI is InChI=1S/C66H44N2O/c1-2-16-45(17-3-1)49-18-14-19-50(44-49)46-32-38-51(39-33-46)67(52-40-34-47(35-41-52)54-20-4-5-22-56(54)60-26-15-27-61-59-25-9-13-31-65(59)69-66(60)61)53-42-36-48(37-43-53)55-21-6-10-28-62(55)68-63-29-11-7-23-57(63)58-24-8-12-30-64(58)68/h1-44H. The average Bonchev–Trinajstić information content (AvgIpc) is 3.98. The predicted octanol–water partition coefficient (Wildman–Crippen LogP) is 18.5. The van der Waals surface area contributed by atoms with Crippen molar-refractivity contribution in [2.24, 2.45) is 0 Å². The van der Waals surface area contributed by atoms with Gasteiger partial charge in [-0.15, -0.1) is 0 Å². The minimum Gasteiger partial charge on any atom is -0.455 e. The fourth-order valence-electron chi connectivity index (χ4n) is 10.4. The van der Waals surface area contributed by atoms with Crippen molar-refractivity contribution in [3.8, 4) is 61.3 Å². The van der Waals surface area contributed by atoms with E-state index < -0.39 is 0 Å². The zero-order chi connectivity index (χ0) is 45.7. The molecule has 324 valence electrons. The van der Waals surface area contributed by atoms with Gasteiger partial charge < -0.3 is 13.9 Å². The highest BCUT2D eigenvalue weighted by Crippen LogP contribution is 2.43. The van der Waals surface area contributed by atoms with Crippen LogP contribution in [0.1, 0.15) is 0 Å². The van der Waals surface area contributed by atoms with E-state index in [1.165, 1.54) is 49.6 Å². The van der Waals surface area contributed by atoms with Gasteiger partial charge in [0.15, 0.2) is 0 Å². The summed E-state index contributed by atoms with van der Waals surface area (Å²) in [5.74, 6) is 0. The molecule has 0 amide bonds. The van der Waals surface area contributed by atoms with Gasteiger partial charge in [-0.25, -0.2) is 0 Å². The number of hydrogen-bond donors (Lipinski definition) is 0. The van der Waals surface area contributed by atoms with Gasteiger partial charge in [0.2, 0.25) is 0 Å². The Labute approximate surface area is 401 Å². The minimum absolute atomic E-state index is 0.899. The van der Waals surface area contributed by atoms with E-state index >= 15 is 0 Å². The van der Waals surface area contributed by atoms with Gasteiger partial charge in [0.05, 0.1) is 16.7 Å². The van der Waals surface area contributed by atoms with Crippen LogP contribution >= 0.6 is 0 Å². The third kappa shape index (κ3) is 7.08. The zero-order valence-electron chi connectivity index (χ0n) is 37.7. The summed E-state index contributed by atoms with van der Waals surface area (Å²) in [7, 11) is 0. The van der Waals surface area contributed by atoms with Crippen molar-refractivity contribution >= 4 is 60.8 Å². The van der Waals surface area contributed by atoms with Crippen LogP contribution in [0.25, 0.3) is 105 Å². The maximum absolute atomic E-state index is 6.53. The molecule has 0 aliphatic heterocycles. The Morgan fingerprint density at radius 2 is 0.710 bits per heavy atom. The molecule has 0 N–H and O–H groups in total. The number of rotatable bonds is 9. The topological polar surface area (TPSA) is 21.3 Å². The van der Waals surface area contributed by atoms with Crippen LogP contribution in [0, 0.1) is 0 Å². The van der Waals surface area contributed by atoms with Crippen molar-refractivity contribution in [1.82, 2.24) is 4.57 Å². The molecular weight excluding hydrogens is 837 g/mol. The molecule has 0 fully saturated rings. The van der Waals surface area contributed by atoms with E-state index in [1.807, 2.05) is 12.1 Å². The fraction of sp³-hybridized carbons (Fsp3) is 0. The molecule has 0 spiro atoms. The Kier molecular flexibility index (Phi) is 9.84. The first kappa shape index (κ1) is 40.1. The molecule has 2 heterocycles. The molecule has 0 radical (unpaired) electrons. The number of nitrogens with zero attached hydrogens (tertiary/aromatic N) is 2. The van der Waals surface area contributed by atoms with Gasteiger partial charge in [0.1, 0.15) is 11.2 Å². The Balaban J connectivity index is 0.897. The van der Waals surface area contributed by atoms with Crippen LogP contribution in [0.2, 0.25) is 0 Å². The van der Waals surface area contributed by atoms with E-state index in [4.69, 9.17) is 4.42 Å². The summed E-state index contributed by atoms with van der Waals surface area (Å²) in [5, 5.41) is 4.76. The summed E-state index contributed by atoms with van der Waals surface area (Å²) in [4.78, 5) is 2.36. The van der Waals surface area contributed by atoms with E-state index in [2.05, 4.69) is 264 Å². The Bertz CT molecular complexity index is 3940. The molecule has 13 rings (SSSR count). The SMILES string of the molecule is c1ccc(-c2cccc(-c3ccc(N(c4ccc(-c5ccccc5-c5cccc6c5oc5ccccc56)cc4)c4ccc(-c5ccccc5-n5c6ccccc6c6ccccc65)cc4)cc3)c2)cc1. The normalized spacial score (nSPS) is 11.5. The highest BCUT2D eigenvalue weighted by molar-refractivity contribution is 6.11. The van der Waals surface area contributed by atoms with Crippen LogP contribution < -0.4 is 4.90 Å². The molecule has 13 aromatic rings. The summed E-state index contributed by atoms with van der Waals surface area (Å²) in [5.41, 5.74) is 20.1. The number of para-hydroxylation sites is 5. The van der Waals surface area contributed by atoms with E-state index in [9.17, 15) is 0 Å². The Hall–Kier alpha value is -9.18. The molecule has 0 aliphatic carbocycles. The van der Waals surface area contributed by atoms with E-state index in [-0.39, 0.29) is 0 Å². The first-order valence-corrected chi connectivity index (χ1v) is 23.6. The lowest BCUT2D eigenvalue weighted by Crippen LogP contribution is -2.10. The summed E-state index contributed by atoms with van der Waals surface area (Å²) in [6.45, 7) is 0. The minimum atomic E-state index is 0.899. The highest BCUT2D eigenvalue weighted by atomic mass is 16.3. The molecular formula is C66H44N2O. The van der Waals surface area contributed by atoms with Crippen molar-refractivity contribution in [3.63, 3.8) is 0 Å². The van der Waals surface area contributed by atoms with Crippen LogP contribution in [0.15, 0.2) is 271 Å². The molecule has 0 atom stereocenters. The van der Waals surface area contributed by atoms with Crippen LogP contribution in [-0.2, 0) is 0 Å². The lowest BCUT2D eigenvalue weighted by Gasteiger charge is -2.26. The smallest absolute Gasteiger partial charge is 0.143 e. The molecule has 2 aromatic heterocycles. The Morgan fingerprint density at radius 1 is 0.275 bits per heavy atom. The summed E-state index contributed by atoms with van der Waals surface area (Å²) in [6.07, 6.45) is 0. The summed E-state index contributed by atoms with van der Waals surface area (Å²) < 4.78 is 8.94. The second-order valence-electron chi connectivity index (χ2n) is 17.6. The van der Waals surface area contributed by atoms with Gasteiger partial charge in [0, 0.05) is 49.7 Å². The third-order valence-corrected chi connectivity index (χ3v) is 13.6. The maximum atomic E-state index is 6.53. The van der Waals surface area contributed by atoms with Gasteiger partial charge in [-0.3, -0.25) is 0 Å². The number of benzene rings is 11. The van der Waals surface area contributed by atoms with Gasteiger partial charge in [0.25, 0.3) is 0 Å². The number of anilines is 3. The number of hydrogen-bond acceptors (Lipinski definition) is 2. The van der Waals surface area contributed by atoms with E-state index in [1.54, 1.807) is 0 Å². The first-order chi connectivity index (χ1) is 34.2. The number of aromatic nitrogens is 1. The molecule has 0 bridgehead atoms. The largest absolute Gasteiger partial charge is 0.455 e. The quantitative estimate of drug-likeness (QED) is 0.144. The highest BCUT2D eigenvalue weighted by Gasteiger charge is 2.19.